The zero-order valence-corrected chi connectivity index (χ0v) is 18.1. The molecule has 2 heterocycles. The summed E-state index contributed by atoms with van der Waals surface area (Å²) in [5.74, 6) is 1.09. The van der Waals surface area contributed by atoms with Crippen molar-refractivity contribution < 1.29 is 27.5 Å². The molecule has 0 radical (unpaired) electrons. The maximum Gasteiger partial charge on any atom is 0.387 e. The Kier molecular flexibility index (Phi) is 7.84. The molecule has 31 heavy (non-hydrogen) atoms. The molecule has 1 saturated carbocycles. The van der Waals surface area contributed by atoms with Gasteiger partial charge < -0.3 is 24.1 Å². The Labute approximate surface area is 180 Å². The zero-order chi connectivity index (χ0) is 22.4. The van der Waals surface area contributed by atoms with Gasteiger partial charge in [-0.1, -0.05) is 13.8 Å². The summed E-state index contributed by atoms with van der Waals surface area (Å²) in [7, 11) is 0. The van der Waals surface area contributed by atoms with Crippen LogP contribution >= 0.6 is 0 Å². The number of alkyl halides is 2. The zero-order valence-electron chi connectivity index (χ0n) is 18.1. The quantitative estimate of drug-likeness (QED) is 0.703. The predicted molar refractivity (Wildman–Crippen MR) is 112 cm³/mol. The SMILES string of the molecule is CC.Cc1oc(-c2ccc(OC(F)F)c(OCC3CC3)c2)nc1C(=O)N1CCNCC1. The molecule has 2 aliphatic rings. The minimum Gasteiger partial charge on any atom is -0.489 e. The Bertz CT molecular complexity index is 878. The van der Waals surface area contributed by atoms with Gasteiger partial charge in [-0.15, -0.1) is 0 Å². The third kappa shape index (κ3) is 5.94. The number of nitrogens with zero attached hydrogens (tertiary/aromatic N) is 2. The standard InChI is InChI=1S/C20H23F2N3O4.C2H6/c1-12-17(19(26)25-8-6-23-7-9-25)24-18(28-12)14-4-5-15(29-20(21)22)16(10-14)27-11-13-2-3-13;1-2/h4-5,10,13,20,23H,2-3,6-9,11H2,1H3;1-2H3. The molecule has 4 rings (SSSR count). The number of oxazole rings is 1. The minimum absolute atomic E-state index is 0.0372. The van der Waals surface area contributed by atoms with Crippen LogP contribution in [0.15, 0.2) is 22.6 Å². The lowest BCUT2D eigenvalue weighted by atomic mass is 10.2. The second-order valence-corrected chi connectivity index (χ2v) is 7.26. The van der Waals surface area contributed by atoms with E-state index in [9.17, 15) is 13.6 Å². The number of carbonyl (C=O) groups excluding carboxylic acids is 1. The fourth-order valence-electron chi connectivity index (χ4n) is 3.18. The van der Waals surface area contributed by atoms with Crippen LogP contribution in [-0.2, 0) is 0 Å². The monoisotopic (exact) mass is 437 g/mol. The first kappa shape index (κ1) is 23.0. The van der Waals surface area contributed by atoms with Crippen LogP contribution in [0.25, 0.3) is 11.5 Å². The summed E-state index contributed by atoms with van der Waals surface area (Å²) in [4.78, 5) is 18.8. The van der Waals surface area contributed by atoms with Crippen LogP contribution < -0.4 is 14.8 Å². The average molecular weight is 437 g/mol. The summed E-state index contributed by atoms with van der Waals surface area (Å²) in [6.45, 7) is 5.88. The molecule has 9 heteroatoms. The number of piperazine rings is 1. The van der Waals surface area contributed by atoms with Crippen LogP contribution in [0.1, 0.15) is 42.9 Å². The number of ether oxygens (including phenoxy) is 2. The fraction of sp³-hybridized carbons (Fsp3) is 0.545. The van der Waals surface area contributed by atoms with Gasteiger partial charge in [0.05, 0.1) is 6.61 Å². The number of aryl methyl sites for hydroxylation is 1. The van der Waals surface area contributed by atoms with E-state index in [4.69, 9.17) is 9.15 Å². The number of nitrogens with one attached hydrogen (secondary N) is 1. The first-order valence-electron chi connectivity index (χ1n) is 10.7. The molecule has 1 aliphatic carbocycles. The largest absolute Gasteiger partial charge is 0.489 e. The number of benzene rings is 1. The number of halogens is 2. The van der Waals surface area contributed by atoms with E-state index in [1.54, 1.807) is 24.0 Å². The molecule has 1 aromatic carbocycles. The molecule has 7 nitrogen and oxygen atoms in total. The van der Waals surface area contributed by atoms with Crippen LogP contribution in [0.4, 0.5) is 8.78 Å². The van der Waals surface area contributed by atoms with Gasteiger partial charge in [-0.25, -0.2) is 4.98 Å². The van der Waals surface area contributed by atoms with E-state index in [0.29, 0.717) is 36.9 Å². The number of amides is 1. The van der Waals surface area contributed by atoms with E-state index in [2.05, 4.69) is 15.0 Å². The Morgan fingerprint density at radius 2 is 1.97 bits per heavy atom. The van der Waals surface area contributed by atoms with Gasteiger partial charge >= 0.3 is 6.61 Å². The van der Waals surface area contributed by atoms with Gasteiger partial charge in [0.25, 0.3) is 5.91 Å². The van der Waals surface area contributed by atoms with Crippen molar-refractivity contribution in [1.29, 1.82) is 0 Å². The highest BCUT2D eigenvalue weighted by Crippen LogP contribution is 2.36. The molecule has 0 spiro atoms. The van der Waals surface area contributed by atoms with Crippen LogP contribution in [0, 0.1) is 12.8 Å². The van der Waals surface area contributed by atoms with Gasteiger partial charge in [-0.2, -0.15) is 8.78 Å². The number of rotatable bonds is 7. The maximum absolute atomic E-state index is 12.7. The second-order valence-electron chi connectivity index (χ2n) is 7.26. The first-order chi connectivity index (χ1) is 15.0. The lowest BCUT2D eigenvalue weighted by molar-refractivity contribution is -0.0515. The van der Waals surface area contributed by atoms with Crippen LogP contribution in [0.2, 0.25) is 0 Å². The minimum atomic E-state index is -2.95. The smallest absolute Gasteiger partial charge is 0.387 e. The van der Waals surface area contributed by atoms with E-state index < -0.39 is 6.61 Å². The lowest BCUT2D eigenvalue weighted by Crippen LogP contribution is -2.46. The Morgan fingerprint density at radius 3 is 2.61 bits per heavy atom. The van der Waals surface area contributed by atoms with Crippen LogP contribution in [0.3, 0.4) is 0 Å². The predicted octanol–water partition coefficient (Wildman–Crippen LogP) is 4.11. The van der Waals surface area contributed by atoms with E-state index in [1.807, 2.05) is 13.8 Å². The molecule has 2 aromatic rings. The highest BCUT2D eigenvalue weighted by atomic mass is 19.3. The third-order valence-electron chi connectivity index (χ3n) is 4.98. The molecule has 1 amide bonds. The van der Waals surface area contributed by atoms with Crippen LogP contribution in [-0.4, -0.2) is 55.2 Å². The van der Waals surface area contributed by atoms with Crippen molar-refractivity contribution in [1.82, 2.24) is 15.2 Å². The Hall–Kier alpha value is -2.68. The molecule has 2 fully saturated rings. The molecule has 1 aromatic heterocycles. The van der Waals surface area contributed by atoms with Gasteiger partial charge in [0.15, 0.2) is 17.2 Å². The Balaban J connectivity index is 0.00000132. The van der Waals surface area contributed by atoms with E-state index in [1.165, 1.54) is 6.07 Å². The molecule has 170 valence electrons. The van der Waals surface area contributed by atoms with Crippen molar-refractivity contribution >= 4 is 5.91 Å². The summed E-state index contributed by atoms with van der Waals surface area (Å²) in [6, 6.07) is 4.53. The first-order valence-corrected chi connectivity index (χ1v) is 10.7. The maximum atomic E-state index is 12.7. The molecular formula is C22H29F2N3O4. The van der Waals surface area contributed by atoms with Crippen molar-refractivity contribution in [2.24, 2.45) is 5.92 Å². The van der Waals surface area contributed by atoms with Crippen molar-refractivity contribution in [3.05, 3.63) is 29.7 Å². The summed E-state index contributed by atoms with van der Waals surface area (Å²) < 4.78 is 41.4. The topological polar surface area (TPSA) is 76.8 Å². The normalized spacial score (nSPS) is 16.0. The van der Waals surface area contributed by atoms with Crippen molar-refractivity contribution in [3.8, 4) is 23.0 Å². The fourth-order valence-corrected chi connectivity index (χ4v) is 3.18. The summed E-state index contributed by atoms with van der Waals surface area (Å²) in [5.41, 5.74) is 0.787. The van der Waals surface area contributed by atoms with Gasteiger partial charge in [0, 0.05) is 31.7 Å². The number of hydrogen-bond acceptors (Lipinski definition) is 6. The van der Waals surface area contributed by atoms with Gasteiger partial charge in [0.1, 0.15) is 5.76 Å². The van der Waals surface area contributed by atoms with E-state index in [-0.39, 0.29) is 29.0 Å². The molecule has 1 N–H and O–H groups in total. The molecule has 1 saturated heterocycles. The third-order valence-corrected chi connectivity index (χ3v) is 4.98. The van der Waals surface area contributed by atoms with Gasteiger partial charge in [-0.3, -0.25) is 4.79 Å². The van der Waals surface area contributed by atoms with Crippen LogP contribution in [0.5, 0.6) is 11.5 Å². The number of hydrogen-bond donors (Lipinski definition) is 1. The van der Waals surface area contributed by atoms with E-state index >= 15 is 0 Å². The highest BCUT2D eigenvalue weighted by molar-refractivity contribution is 5.93. The average Bonchev–Trinajstić information content (AvgIpc) is 3.54. The molecule has 0 bridgehead atoms. The second kappa shape index (κ2) is 10.6. The lowest BCUT2D eigenvalue weighted by Gasteiger charge is -2.26. The molecular weight excluding hydrogens is 408 g/mol. The van der Waals surface area contributed by atoms with Crippen molar-refractivity contribution in [2.75, 3.05) is 32.8 Å². The van der Waals surface area contributed by atoms with E-state index in [0.717, 1.165) is 25.9 Å². The molecule has 0 unspecified atom stereocenters. The van der Waals surface area contributed by atoms with Crippen molar-refractivity contribution in [2.45, 2.75) is 40.2 Å². The number of aromatic nitrogens is 1. The van der Waals surface area contributed by atoms with Gasteiger partial charge in [0.2, 0.25) is 5.89 Å². The van der Waals surface area contributed by atoms with Gasteiger partial charge in [-0.05, 0) is 43.9 Å². The molecule has 0 atom stereocenters. The Morgan fingerprint density at radius 1 is 1.26 bits per heavy atom. The molecule has 1 aliphatic heterocycles. The van der Waals surface area contributed by atoms with Crippen molar-refractivity contribution in [3.63, 3.8) is 0 Å². The summed E-state index contributed by atoms with van der Waals surface area (Å²) in [6.07, 6.45) is 2.14. The summed E-state index contributed by atoms with van der Waals surface area (Å²) in [5, 5.41) is 3.20. The highest BCUT2D eigenvalue weighted by Gasteiger charge is 2.26. The number of carbonyl (C=O) groups is 1. The summed E-state index contributed by atoms with van der Waals surface area (Å²) >= 11 is 0.